The van der Waals surface area contributed by atoms with Crippen molar-refractivity contribution in [1.29, 1.82) is 0 Å². The minimum atomic E-state index is -3.46. The van der Waals surface area contributed by atoms with Gasteiger partial charge < -0.3 is 4.74 Å². The second-order valence-electron chi connectivity index (χ2n) is 4.86. The highest BCUT2D eigenvalue weighted by molar-refractivity contribution is 7.89. The maximum Gasteiger partial charge on any atom is 0.243 e. The number of ether oxygens (including phenoxy) is 1. The SMILES string of the molecule is Cc1ccc(S(=O)(=O)N2CC(C)OC(CCl)C2)cc1. The van der Waals surface area contributed by atoms with E-state index in [9.17, 15) is 8.42 Å². The van der Waals surface area contributed by atoms with Crippen molar-refractivity contribution < 1.29 is 13.2 Å². The third-order valence-electron chi connectivity index (χ3n) is 3.12. The van der Waals surface area contributed by atoms with Crippen LogP contribution < -0.4 is 0 Å². The number of morpholine rings is 1. The van der Waals surface area contributed by atoms with Crippen molar-refractivity contribution in [2.75, 3.05) is 19.0 Å². The van der Waals surface area contributed by atoms with Gasteiger partial charge in [-0.1, -0.05) is 17.7 Å². The molecule has 1 aliphatic heterocycles. The molecule has 1 fully saturated rings. The van der Waals surface area contributed by atoms with Gasteiger partial charge in [-0.3, -0.25) is 0 Å². The van der Waals surface area contributed by atoms with Crippen LogP contribution in [0.2, 0.25) is 0 Å². The Labute approximate surface area is 119 Å². The Kier molecular flexibility index (Phi) is 4.50. The van der Waals surface area contributed by atoms with Crippen LogP contribution >= 0.6 is 11.6 Å². The first-order valence-corrected chi connectivity index (χ1v) is 8.19. The predicted octanol–water partition coefficient (Wildman–Crippen LogP) is 2.01. The summed E-state index contributed by atoms with van der Waals surface area (Å²) in [6, 6.07) is 6.88. The number of halogens is 1. The molecule has 2 unspecified atom stereocenters. The zero-order valence-electron chi connectivity index (χ0n) is 11.0. The molecule has 1 aromatic carbocycles. The van der Waals surface area contributed by atoms with Crippen molar-refractivity contribution in [3.63, 3.8) is 0 Å². The van der Waals surface area contributed by atoms with Crippen molar-refractivity contribution in [3.8, 4) is 0 Å². The van der Waals surface area contributed by atoms with E-state index in [0.717, 1.165) is 5.56 Å². The fourth-order valence-corrected chi connectivity index (χ4v) is 3.86. The number of nitrogens with zero attached hydrogens (tertiary/aromatic N) is 1. The highest BCUT2D eigenvalue weighted by Gasteiger charge is 2.33. The molecule has 0 spiro atoms. The third kappa shape index (κ3) is 3.28. The minimum Gasteiger partial charge on any atom is -0.371 e. The molecule has 0 N–H and O–H groups in total. The van der Waals surface area contributed by atoms with Crippen molar-refractivity contribution in [1.82, 2.24) is 4.31 Å². The molecule has 0 amide bonds. The Hall–Kier alpha value is -0.620. The molecule has 0 bridgehead atoms. The Morgan fingerprint density at radius 1 is 1.32 bits per heavy atom. The van der Waals surface area contributed by atoms with Gasteiger partial charge in [-0.05, 0) is 26.0 Å². The van der Waals surface area contributed by atoms with E-state index in [1.165, 1.54) is 4.31 Å². The standard InChI is InChI=1S/C13H18ClNO3S/c1-10-3-5-13(6-4-10)19(16,17)15-8-11(2)18-12(7-14)9-15/h3-6,11-12H,7-9H2,1-2H3. The van der Waals surface area contributed by atoms with Gasteiger partial charge in [-0.15, -0.1) is 11.6 Å². The average Bonchev–Trinajstić information content (AvgIpc) is 2.38. The van der Waals surface area contributed by atoms with Crippen LogP contribution in [0.1, 0.15) is 12.5 Å². The minimum absolute atomic E-state index is 0.141. The molecule has 6 heteroatoms. The van der Waals surface area contributed by atoms with Gasteiger partial charge in [0.05, 0.1) is 17.1 Å². The molecular formula is C13H18ClNO3S. The summed E-state index contributed by atoms with van der Waals surface area (Å²) in [7, 11) is -3.46. The van der Waals surface area contributed by atoms with Crippen LogP contribution in [-0.2, 0) is 14.8 Å². The van der Waals surface area contributed by atoms with Crippen LogP contribution in [0.5, 0.6) is 0 Å². The first-order chi connectivity index (χ1) is 8.93. The topological polar surface area (TPSA) is 46.6 Å². The number of hydrogen-bond donors (Lipinski definition) is 0. The molecule has 1 aromatic rings. The molecule has 0 aromatic heterocycles. The van der Waals surface area contributed by atoms with Crippen LogP contribution in [0.15, 0.2) is 29.2 Å². The smallest absolute Gasteiger partial charge is 0.243 e. The summed E-state index contributed by atoms with van der Waals surface area (Å²) >= 11 is 5.78. The summed E-state index contributed by atoms with van der Waals surface area (Å²) < 4.78 is 32.1. The van der Waals surface area contributed by atoms with E-state index in [-0.39, 0.29) is 12.2 Å². The van der Waals surface area contributed by atoms with Gasteiger partial charge in [0.15, 0.2) is 0 Å². The number of sulfonamides is 1. The molecule has 4 nitrogen and oxygen atoms in total. The molecule has 0 radical (unpaired) electrons. The number of rotatable bonds is 3. The van der Waals surface area contributed by atoms with E-state index in [0.29, 0.717) is 23.9 Å². The largest absolute Gasteiger partial charge is 0.371 e. The van der Waals surface area contributed by atoms with E-state index in [4.69, 9.17) is 16.3 Å². The van der Waals surface area contributed by atoms with Gasteiger partial charge in [0, 0.05) is 19.0 Å². The second-order valence-corrected chi connectivity index (χ2v) is 7.10. The van der Waals surface area contributed by atoms with E-state index >= 15 is 0 Å². The Morgan fingerprint density at radius 2 is 1.95 bits per heavy atom. The highest BCUT2D eigenvalue weighted by Crippen LogP contribution is 2.21. The normalized spacial score (nSPS) is 25.4. The number of benzene rings is 1. The Bertz CT molecular complexity index is 529. The van der Waals surface area contributed by atoms with Crippen LogP contribution in [0, 0.1) is 6.92 Å². The molecular weight excluding hydrogens is 286 g/mol. The van der Waals surface area contributed by atoms with Gasteiger partial charge in [0.25, 0.3) is 0 Å². The van der Waals surface area contributed by atoms with Crippen molar-refractivity contribution in [2.45, 2.75) is 31.0 Å². The van der Waals surface area contributed by atoms with Crippen LogP contribution in [0.3, 0.4) is 0 Å². The molecule has 1 saturated heterocycles. The first-order valence-electron chi connectivity index (χ1n) is 6.21. The lowest BCUT2D eigenvalue weighted by Crippen LogP contribution is -2.49. The van der Waals surface area contributed by atoms with E-state index in [1.807, 2.05) is 13.8 Å². The summed E-state index contributed by atoms with van der Waals surface area (Å²) in [5.41, 5.74) is 1.04. The maximum absolute atomic E-state index is 12.5. The van der Waals surface area contributed by atoms with Gasteiger partial charge in [-0.25, -0.2) is 8.42 Å². The molecule has 2 rings (SSSR count). The predicted molar refractivity (Wildman–Crippen MR) is 75.0 cm³/mol. The Balaban J connectivity index is 2.26. The fourth-order valence-electron chi connectivity index (χ4n) is 2.14. The molecule has 0 saturated carbocycles. The summed E-state index contributed by atoms with van der Waals surface area (Å²) in [6.07, 6.45) is -0.386. The number of aryl methyl sites for hydroxylation is 1. The maximum atomic E-state index is 12.5. The lowest BCUT2D eigenvalue weighted by Gasteiger charge is -2.35. The van der Waals surface area contributed by atoms with Crippen LogP contribution in [0.4, 0.5) is 0 Å². The fraction of sp³-hybridized carbons (Fsp3) is 0.538. The summed E-state index contributed by atoms with van der Waals surface area (Å²) in [5, 5.41) is 0. The van der Waals surface area contributed by atoms with Crippen LogP contribution in [-0.4, -0.2) is 43.9 Å². The van der Waals surface area contributed by atoms with Gasteiger partial charge in [-0.2, -0.15) is 4.31 Å². The average molecular weight is 304 g/mol. The lowest BCUT2D eigenvalue weighted by molar-refractivity contribution is -0.0423. The number of hydrogen-bond acceptors (Lipinski definition) is 3. The third-order valence-corrected chi connectivity index (χ3v) is 5.31. The lowest BCUT2D eigenvalue weighted by atomic mass is 10.2. The summed E-state index contributed by atoms with van der Waals surface area (Å²) in [4.78, 5) is 0.320. The number of alkyl halides is 1. The zero-order chi connectivity index (χ0) is 14.0. The molecule has 19 heavy (non-hydrogen) atoms. The molecule has 1 heterocycles. The molecule has 1 aliphatic rings. The van der Waals surface area contributed by atoms with Gasteiger partial charge >= 0.3 is 0 Å². The quantitative estimate of drug-likeness (QED) is 0.803. The summed E-state index contributed by atoms with van der Waals surface area (Å²) in [5.74, 6) is 0.296. The van der Waals surface area contributed by atoms with Gasteiger partial charge in [0.2, 0.25) is 10.0 Å². The van der Waals surface area contributed by atoms with Gasteiger partial charge in [0.1, 0.15) is 0 Å². The zero-order valence-corrected chi connectivity index (χ0v) is 12.6. The monoisotopic (exact) mass is 303 g/mol. The first kappa shape index (κ1) is 14.8. The second kappa shape index (κ2) is 5.79. The molecule has 106 valence electrons. The highest BCUT2D eigenvalue weighted by atomic mass is 35.5. The Morgan fingerprint density at radius 3 is 2.53 bits per heavy atom. The summed E-state index contributed by atoms with van der Waals surface area (Å²) in [6.45, 7) is 4.46. The van der Waals surface area contributed by atoms with Crippen LogP contribution in [0.25, 0.3) is 0 Å². The van der Waals surface area contributed by atoms with Crippen molar-refractivity contribution in [2.24, 2.45) is 0 Å². The van der Waals surface area contributed by atoms with E-state index in [1.54, 1.807) is 24.3 Å². The molecule has 0 aliphatic carbocycles. The molecule has 2 atom stereocenters. The van der Waals surface area contributed by atoms with Crippen molar-refractivity contribution in [3.05, 3.63) is 29.8 Å². The van der Waals surface area contributed by atoms with Crippen molar-refractivity contribution >= 4 is 21.6 Å². The van der Waals surface area contributed by atoms with E-state index in [2.05, 4.69) is 0 Å². The van der Waals surface area contributed by atoms with E-state index < -0.39 is 10.0 Å².